The lowest BCUT2D eigenvalue weighted by molar-refractivity contribution is 0.108. The van der Waals surface area contributed by atoms with Crippen LogP contribution in [0.25, 0.3) is 0 Å². The van der Waals surface area contributed by atoms with Crippen LogP contribution in [-0.2, 0) is 0 Å². The average Bonchev–Trinajstić information content (AvgIpc) is 2.21. The molecule has 0 aromatic heterocycles. The summed E-state index contributed by atoms with van der Waals surface area (Å²) in [7, 11) is 0. The van der Waals surface area contributed by atoms with Gasteiger partial charge in [0.1, 0.15) is 0 Å². The minimum absolute atomic E-state index is 0.801. The van der Waals surface area contributed by atoms with Crippen LogP contribution in [-0.4, -0.2) is 12.3 Å². The minimum atomic E-state index is 0.801. The van der Waals surface area contributed by atoms with E-state index in [-0.39, 0.29) is 0 Å². The molecule has 0 amide bonds. The Balaban J connectivity index is 1.74. The third-order valence-electron chi connectivity index (χ3n) is 4.42. The lowest BCUT2D eigenvalue weighted by Gasteiger charge is -2.50. The quantitative estimate of drug-likeness (QED) is 0.426. The van der Waals surface area contributed by atoms with Crippen molar-refractivity contribution in [1.82, 2.24) is 5.43 Å². The maximum Gasteiger partial charge on any atom is 0.0507 e. The Kier molecular flexibility index (Phi) is 2.30. The largest absolute Gasteiger partial charge is 0.306 e. The summed E-state index contributed by atoms with van der Waals surface area (Å²) in [6, 6.07) is 0. The fourth-order valence-corrected chi connectivity index (χ4v) is 4.05. The maximum absolute atomic E-state index is 4.61. The van der Waals surface area contributed by atoms with Gasteiger partial charge in [-0.15, -0.1) is 6.58 Å². The molecule has 4 aliphatic rings. The molecule has 0 saturated heterocycles. The van der Waals surface area contributed by atoms with Gasteiger partial charge in [0.2, 0.25) is 0 Å². The van der Waals surface area contributed by atoms with E-state index in [4.69, 9.17) is 0 Å². The van der Waals surface area contributed by atoms with Gasteiger partial charge in [0.05, 0.1) is 6.54 Å². The van der Waals surface area contributed by atoms with Crippen molar-refractivity contribution < 1.29 is 0 Å². The van der Waals surface area contributed by atoms with Crippen LogP contribution >= 0.6 is 0 Å². The molecule has 4 bridgehead atoms. The summed E-state index contributed by atoms with van der Waals surface area (Å²) in [5, 5.41) is 4.61. The van der Waals surface area contributed by atoms with Gasteiger partial charge in [-0.3, -0.25) is 0 Å². The number of hydrogen-bond donors (Lipinski definition) is 1. The molecule has 0 radical (unpaired) electrons. The fourth-order valence-electron chi connectivity index (χ4n) is 4.05. The van der Waals surface area contributed by atoms with E-state index in [1.807, 2.05) is 6.08 Å². The minimum Gasteiger partial charge on any atom is -0.306 e. The Bertz CT molecular complexity index is 263. The van der Waals surface area contributed by atoms with Crippen LogP contribution in [0, 0.1) is 23.7 Å². The molecule has 0 unspecified atom stereocenters. The summed E-state index contributed by atoms with van der Waals surface area (Å²) < 4.78 is 0. The number of hydrazone groups is 1. The zero-order valence-electron chi connectivity index (χ0n) is 9.28. The van der Waals surface area contributed by atoms with Crippen molar-refractivity contribution in [2.75, 3.05) is 6.54 Å². The van der Waals surface area contributed by atoms with E-state index in [1.54, 1.807) is 0 Å². The van der Waals surface area contributed by atoms with E-state index in [0.29, 0.717) is 0 Å². The Morgan fingerprint density at radius 2 is 1.73 bits per heavy atom. The average molecular weight is 204 g/mol. The van der Waals surface area contributed by atoms with Crippen LogP contribution in [0.4, 0.5) is 0 Å². The van der Waals surface area contributed by atoms with E-state index in [2.05, 4.69) is 17.1 Å². The van der Waals surface area contributed by atoms with Crippen molar-refractivity contribution in [2.24, 2.45) is 28.8 Å². The molecule has 0 atom stereocenters. The number of nitrogens with zero attached hydrogens (tertiary/aromatic N) is 1. The maximum atomic E-state index is 4.61. The molecule has 0 aromatic rings. The van der Waals surface area contributed by atoms with Crippen molar-refractivity contribution in [3.63, 3.8) is 0 Å². The first kappa shape index (κ1) is 9.44. The highest BCUT2D eigenvalue weighted by Crippen LogP contribution is 2.52. The van der Waals surface area contributed by atoms with Gasteiger partial charge in [0.25, 0.3) is 0 Å². The standard InChI is InChI=1S/C13H20N2/c1-2-3-14-15-13-11-5-9-4-10(7-11)8-12(13)6-9/h2,9-12,14H,1,3-8H2. The van der Waals surface area contributed by atoms with Crippen LogP contribution in [0.1, 0.15) is 32.1 Å². The molecule has 4 saturated carbocycles. The first-order chi connectivity index (χ1) is 7.36. The highest BCUT2D eigenvalue weighted by molar-refractivity contribution is 5.90. The summed E-state index contributed by atoms with van der Waals surface area (Å²) in [6.45, 7) is 4.50. The van der Waals surface area contributed by atoms with E-state index < -0.39 is 0 Å². The summed E-state index contributed by atoms with van der Waals surface area (Å²) >= 11 is 0. The van der Waals surface area contributed by atoms with Gasteiger partial charge < -0.3 is 5.43 Å². The van der Waals surface area contributed by atoms with Crippen LogP contribution in [0.3, 0.4) is 0 Å². The van der Waals surface area contributed by atoms with E-state index in [1.165, 1.54) is 37.8 Å². The van der Waals surface area contributed by atoms with Gasteiger partial charge in [0.15, 0.2) is 0 Å². The lowest BCUT2D eigenvalue weighted by atomic mass is 9.55. The predicted octanol–water partition coefficient (Wildman–Crippen LogP) is 2.57. The summed E-state index contributed by atoms with van der Waals surface area (Å²) in [5.41, 5.74) is 4.62. The zero-order chi connectivity index (χ0) is 10.3. The molecule has 4 aliphatic carbocycles. The Hall–Kier alpha value is -0.790. The third kappa shape index (κ3) is 1.60. The SMILES string of the molecule is C=CCNN=C1C2CC3CC(C2)CC1C3. The van der Waals surface area contributed by atoms with E-state index in [0.717, 1.165) is 30.2 Å². The second-order valence-corrected chi connectivity index (χ2v) is 5.49. The molecular weight excluding hydrogens is 184 g/mol. The van der Waals surface area contributed by atoms with E-state index >= 15 is 0 Å². The molecular formula is C13H20N2. The van der Waals surface area contributed by atoms with Crippen LogP contribution in [0.15, 0.2) is 17.8 Å². The zero-order valence-corrected chi connectivity index (χ0v) is 9.28. The molecule has 1 N–H and O–H groups in total. The number of nitrogens with one attached hydrogen (secondary N) is 1. The highest BCUT2D eigenvalue weighted by Gasteiger charge is 2.46. The lowest BCUT2D eigenvalue weighted by Crippen LogP contribution is -2.46. The Labute approximate surface area is 91.8 Å². The normalized spacial score (nSPS) is 41.7. The first-order valence-electron chi connectivity index (χ1n) is 6.28. The van der Waals surface area contributed by atoms with Gasteiger partial charge in [-0.05, 0) is 55.8 Å². The van der Waals surface area contributed by atoms with Crippen molar-refractivity contribution in [3.8, 4) is 0 Å². The van der Waals surface area contributed by atoms with E-state index in [9.17, 15) is 0 Å². The molecule has 0 aromatic carbocycles. The Morgan fingerprint density at radius 1 is 1.13 bits per heavy atom. The van der Waals surface area contributed by atoms with Gasteiger partial charge in [-0.1, -0.05) is 6.08 Å². The number of hydrogen-bond acceptors (Lipinski definition) is 2. The fraction of sp³-hybridized carbons (Fsp3) is 0.769. The van der Waals surface area contributed by atoms with Gasteiger partial charge in [0, 0.05) is 5.71 Å². The second-order valence-electron chi connectivity index (χ2n) is 5.49. The van der Waals surface area contributed by atoms with Crippen molar-refractivity contribution in [1.29, 1.82) is 0 Å². The van der Waals surface area contributed by atoms with Gasteiger partial charge in [-0.2, -0.15) is 5.10 Å². The third-order valence-corrected chi connectivity index (χ3v) is 4.42. The number of rotatable bonds is 3. The predicted molar refractivity (Wildman–Crippen MR) is 62.7 cm³/mol. The topological polar surface area (TPSA) is 24.4 Å². The van der Waals surface area contributed by atoms with Crippen molar-refractivity contribution in [3.05, 3.63) is 12.7 Å². The smallest absolute Gasteiger partial charge is 0.0507 e. The first-order valence-corrected chi connectivity index (χ1v) is 6.28. The molecule has 2 nitrogen and oxygen atoms in total. The molecule has 4 rings (SSSR count). The van der Waals surface area contributed by atoms with Gasteiger partial charge >= 0.3 is 0 Å². The second kappa shape index (κ2) is 3.66. The van der Waals surface area contributed by atoms with Crippen LogP contribution in [0.5, 0.6) is 0 Å². The molecule has 0 spiro atoms. The molecule has 2 heteroatoms. The highest BCUT2D eigenvalue weighted by atomic mass is 15.3. The monoisotopic (exact) mass is 204 g/mol. The van der Waals surface area contributed by atoms with Crippen LogP contribution < -0.4 is 5.43 Å². The summed E-state index contributed by atoms with van der Waals surface area (Å²) in [4.78, 5) is 0. The molecule has 0 aliphatic heterocycles. The molecule has 15 heavy (non-hydrogen) atoms. The molecule has 82 valence electrons. The summed E-state index contributed by atoms with van der Waals surface area (Å²) in [5.74, 6) is 3.70. The molecule has 0 heterocycles. The Morgan fingerprint density at radius 3 is 2.27 bits per heavy atom. The van der Waals surface area contributed by atoms with Gasteiger partial charge in [-0.25, -0.2) is 0 Å². The summed E-state index contributed by atoms with van der Waals surface area (Å²) in [6.07, 6.45) is 9.06. The van der Waals surface area contributed by atoms with Crippen LogP contribution in [0.2, 0.25) is 0 Å². The van der Waals surface area contributed by atoms with Crippen molar-refractivity contribution >= 4 is 5.71 Å². The van der Waals surface area contributed by atoms with Crippen molar-refractivity contribution in [2.45, 2.75) is 32.1 Å². The molecule has 4 fully saturated rings.